The molecule has 2 rings (SSSR count). The number of methoxy groups -OCH3 is 1. The first kappa shape index (κ1) is 19.0. The number of benzene rings is 1. The standard InChI is InChI=1S/C17H28N2O4S/c1-4-12-24(20,21)19-10-8-18(9-11-19)14-15-6-7-16(22-3)17(13-15)23-5-2/h6-7,13H,4-5,8-12,14H2,1-3H3/p+1. The fourth-order valence-corrected chi connectivity index (χ4v) is 4.55. The molecule has 0 atom stereocenters. The third-order valence-electron chi connectivity index (χ3n) is 4.27. The van der Waals surface area contributed by atoms with Gasteiger partial charge in [-0.2, -0.15) is 4.31 Å². The molecule has 0 aliphatic carbocycles. The number of ether oxygens (including phenoxy) is 2. The predicted octanol–water partition coefficient (Wildman–Crippen LogP) is 0.534. The molecule has 1 saturated heterocycles. The van der Waals surface area contributed by atoms with E-state index in [9.17, 15) is 8.42 Å². The summed E-state index contributed by atoms with van der Waals surface area (Å²) in [5.74, 6) is 1.76. The zero-order chi connectivity index (χ0) is 17.6. The summed E-state index contributed by atoms with van der Waals surface area (Å²) in [6.07, 6.45) is 0.668. The number of nitrogens with zero attached hydrogens (tertiary/aromatic N) is 1. The Balaban J connectivity index is 1.95. The van der Waals surface area contributed by atoms with Crippen molar-refractivity contribution < 1.29 is 22.8 Å². The van der Waals surface area contributed by atoms with Crippen LogP contribution in [0, 0.1) is 0 Å². The predicted molar refractivity (Wildman–Crippen MR) is 94.2 cm³/mol. The second-order valence-electron chi connectivity index (χ2n) is 6.06. The molecule has 1 aromatic rings. The Labute approximate surface area is 145 Å². The van der Waals surface area contributed by atoms with E-state index in [4.69, 9.17) is 9.47 Å². The Morgan fingerprint density at radius 1 is 1.17 bits per heavy atom. The molecular formula is C17H29N2O4S+. The second-order valence-corrected chi connectivity index (χ2v) is 8.15. The molecule has 0 bridgehead atoms. The van der Waals surface area contributed by atoms with Crippen molar-refractivity contribution in [2.45, 2.75) is 26.8 Å². The summed E-state index contributed by atoms with van der Waals surface area (Å²) in [4.78, 5) is 1.39. The third-order valence-corrected chi connectivity index (χ3v) is 6.34. The van der Waals surface area contributed by atoms with Crippen LogP contribution in [0.25, 0.3) is 0 Å². The van der Waals surface area contributed by atoms with Crippen LogP contribution in [0.5, 0.6) is 11.5 Å². The monoisotopic (exact) mass is 357 g/mol. The largest absolute Gasteiger partial charge is 0.493 e. The molecule has 24 heavy (non-hydrogen) atoms. The summed E-state index contributed by atoms with van der Waals surface area (Å²) in [5.41, 5.74) is 1.18. The second kappa shape index (κ2) is 8.69. The highest BCUT2D eigenvalue weighted by atomic mass is 32.2. The van der Waals surface area contributed by atoms with Crippen LogP contribution in [-0.2, 0) is 16.6 Å². The molecule has 1 fully saturated rings. The van der Waals surface area contributed by atoms with Gasteiger partial charge in [0.25, 0.3) is 0 Å². The van der Waals surface area contributed by atoms with E-state index in [0.29, 0.717) is 26.1 Å². The van der Waals surface area contributed by atoms with E-state index in [1.54, 1.807) is 11.4 Å². The molecule has 0 spiro atoms. The SMILES string of the molecule is CCCS(=O)(=O)N1CC[NH+](Cc2ccc(OC)c(OCC)c2)CC1. The van der Waals surface area contributed by atoms with E-state index in [2.05, 4.69) is 6.07 Å². The van der Waals surface area contributed by atoms with Crippen molar-refractivity contribution in [3.63, 3.8) is 0 Å². The lowest BCUT2D eigenvalue weighted by Gasteiger charge is -2.31. The first-order valence-corrected chi connectivity index (χ1v) is 10.2. The molecule has 1 aromatic carbocycles. The first-order chi connectivity index (χ1) is 11.5. The van der Waals surface area contributed by atoms with Crippen molar-refractivity contribution in [1.82, 2.24) is 4.31 Å². The van der Waals surface area contributed by atoms with Crippen molar-refractivity contribution in [2.24, 2.45) is 0 Å². The summed E-state index contributed by atoms with van der Waals surface area (Å²) in [5, 5.41) is 0. The lowest BCUT2D eigenvalue weighted by molar-refractivity contribution is -0.917. The van der Waals surface area contributed by atoms with Crippen molar-refractivity contribution in [3.05, 3.63) is 23.8 Å². The van der Waals surface area contributed by atoms with E-state index in [1.165, 1.54) is 10.5 Å². The van der Waals surface area contributed by atoms with E-state index in [0.717, 1.165) is 31.1 Å². The molecule has 0 aromatic heterocycles. The van der Waals surface area contributed by atoms with Gasteiger partial charge in [0.05, 0.1) is 45.6 Å². The molecule has 136 valence electrons. The highest BCUT2D eigenvalue weighted by Crippen LogP contribution is 2.27. The molecule has 0 saturated carbocycles. The van der Waals surface area contributed by atoms with Gasteiger partial charge >= 0.3 is 0 Å². The number of rotatable bonds is 8. The maximum absolute atomic E-state index is 12.1. The lowest BCUT2D eigenvalue weighted by atomic mass is 10.1. The minimum Gasteiger partial charge on any atom is -0.493 e. The summed E-state index contributed by atoms with van der Waals surface area (Å²) in [6, 6.07) is 6.01. The Bertz CT molecular complexity index is 625. The van der Waals surface area contributed by atoms with Gasteiger partial charge in [0.1, 0.15) is 6.54 Å². The number of hydrogen-bond acceptors (Lipinski definition) is 4. The number of nitrogens with one attached hydrogen (secondary N) is 1. The highest BCUT2D eigenvalue weighted by Gasteiger charge is 2.28. The zero-order valence-electron chi connectivity index (χ0n) is 14.9. The molecule has 7 heteroatoms. The number of sulfonamides is 1. The number of quaternary nitrogens is 1. The summed E-state index contributed by atoms with van der Waals surface area (Å²) in [6.45, 7) is 8.19. The van der Waals surface area contributed by atoms with Crippen LogP contribution in [0.3, 0.4) is 0 Å². The van der Waals surface area contributed by atoms with Crippen molar-refractivity contribution in [1.29, 1.82) is 0 Å². The highest BCUT2D eigenvalue weighted by molar-refractivity contribution is 7.89. The topological polar surface area (TPSA) is 60.3 Å². The van der Waals surface area contributed by atoms with Gasteiger partial charge in [0.2, 0.25) is 10.0 Å². The van der Waals surface area contributed by atoms with Gasteiger partial charge in [-0.3, -0.25) is 0 Å². The van der Waals surface area contributed by atoms with Gasteiger partial charge < -0.3 is 14.4 Å². The van der Waals surface area contributed by atoms with Gasteiger partial charge in [0.15, 0.2) is 11.5 Å². The molecular weight excluding hydrogens is 328 g/mol. The minimum absolute atomic E-state index is 0.249. The smallest absolute Gasteiger partial charge is 0.214 e. The molecule has 1 aliphatic heterocycles. The van der Waals surface area contributed by atoms with Crippen LogP contribution >= 0.6 is 0 Å². The van der Waals surface area contributed by atoms with Crippen LogP contribution in [0.2, 0.25) is 0 Å². The lowest BCUT2D eigenvalue weighted by Crippen LogP contribution is -3.13. The average Bonchev–Trinajstić information content (AvgIpc) is 2.56. The van der Waals surface area contributed by atoms with E-state index in [-0.39, 0.29) is 5.75 Å². The van der Waals surface area contributed by atoms with Gasteiger partial charge in [0, 0.05) is 5.56 Å². The zero-order valence-corrected chi connectivity index (χ0v) is 15.7. The van der Waals surface area contributed by atoms with Gasteiger partial charge in [-0.1, -0.05) is 6.92 Å². The van der Waals surface area contributed by atoms with E-state index >= 15 is 0 Å². The maximum atomic E-state index is 12.1. The van der Waals surface area contributed by atoms with Gasteiger partial charge in [-0.25, -0.2) is 8.42 Å². The Kier molecular flexibility index (Phi) is 6.89. The van der Waals surface area contributed by atoms with Crippen LogP contribution in [0.4, 0.5) is 0 Å². The molecule has 1 N–H and O–H groups in total. The van der Waals surface area contributed by atoms with Crippen LogP contribution in [0.1, 0.15) is 25.8 Å². The summed E-state index contributed by atoms with van der Waals surface area (Å²) < 4.78 is 36.8. The molecule has 1 aliphatic rings. The van der Waals surface area contributed by atoms with E-state index < -0.39 is 10.0 Å². The van der Waals surface area contributed by atoms with Crippen LogP contribution < -0.4 is 14.4 Å². The van der Waals surface area contributed by atoms with Crippen LogP contribution in [0.15, 0.2) is 18.2 Å². The third kappa shape index (κ3) is 4.84. The van der Waals surface area contributed by atoms with Crippen molar-refractivity contribution in [2.75, 3.05) is 45.6 Å². The fraction of sp³-hybridized carbons (Fsp3) is 0.647. The summed E-state index contributed by atoms with van der Waals surface area (Å²) >= 11 is 0. The Morgan fingerprint density at radius 3 is 2.46 bits per heavy atom. The molecule has 0 unspecified atom stereocenters. The average molecular weight is 357 g/mol. The molecule has 6 nitrogen and oxygen atoms in total. The first-order valence-electron chi connectivity index (χ1n) is 8.61. The quantitative estimate of drug-likeness (QED) is 0.738. The number of hydrogen-bond donors (Lipinski definition) is 1. The van der Waals surface area contributed by atoms with Crippen LogP contribution in [-0.4, -0.2) is 58.4 Å². The molecule has 1 heterocycles. The minimum atomic E-state index is -3.07. The van der Waals surface area contributed by atoms with Crippen molar-refractivity contribution in [3.8, 4) is 11.5 Å². The van der Waals surface area contributed by atoms with E-state index in [1.807, 2.05) is 26.0 Å². The summed E-state index contributed by atoms with van der Waals surface area (Å²) in [7, 11) is -1.43. The normalized spacial score (nSPS) is 17.0. The fourth-order valence-electron chi connectivity index (χ4n) is 3.03. The maximum Gasteiger partial charge on any atom is 0.214 e. The molecule has 0 amide bonds. The van der Waals surface area contributed by atoms with Gasteiger partial charge in [-0.05, 0) is 31.5 Å². The Morgan fingerprint density at radius 2 is 1.88 bits per heavy atom. The van der Waals surface area contributed by atoms with Gasteiger partial charge in [-0.15, -0.1) is 0 Å². The number of piperazine rings is 1. The molecule has 0 radical (unpaired) electrons. The van der Waals surface area contributed by atoms with Crippen molar-refractivity contribution >= 4 is 10.0 Å². The Hall–Kier alpha value is -1.31.